The van der Waals surface area contributed by atoms with Crippen molar-refractivity contribution in [2.24, 2.45) is 11.7 Å². The van der Waals surface area contributed by atoms with E-state index in [0.717, 1.165) is 10.0 Å². The Hall–Kier alpha value is -2.87. The minimum Gasteiger partial charge on any atom is -0.484 e. The zero-order valence-corrected chi connectivity index (χ0v) is 16.9. The Bertz CT molecular complexity index is 914. The number of hydrogen-bond donors (Lipinski definition) is 2. The summed E-state index contributed by atoms with van der Waals surface area (Å²) in [6.07, 6.45) is 0.128. The largest absolute Gasteiger partial charge is 0.484 e. The van der Waals surface area contributed by atoms with Gasteiger partial charge in [-0.1, -0.05) is 15.9 Å². The predicted octanol–water partition coefficient (Wildman–Crippen LogP) is 2.61. The number of hydrogen-bond acceptors (Lipinski definition) is 4. The number of amides is 3. The Balaban J connectivity index is 1.54. The van der Waals surface area contributed by atoms with Gasteiger partial charge in [0.05, 0.1) is 5.92 Å². The molecule has 2 aromatic rings. The number of ether oxygens (including phenoxy) is 1. The smallest absolute Gasteiger partial charge is 0.262 e. The predicted molar refractivity (Wildman–Crippen MR) is 109 cm³/mol. The van der Waals surface area contributed by atoms with Gasteiger partial charge in [-0.2, -0.15) is 0 Å². The van der Waals surface area contributed by atoms with Crippen molar-refractivity contribution in [2.45, 2.75) is 13.3 Å². The van der Waals surface area contributed by atoms with Gasteiger partial charge in [-0.25, -0.2) is 0 Å². The summed E-state index contributed by atoms with van der Waals surface area (Å²) in [4.78, 5) is 36.9. The maximum absolute atomic E-state index is 12.1. The number of carbonyl (C=O) groups is 3. The van der Waals surface area contributed by atoms with Crippen LogP contribution in [0.5, 0.6) is 5.75 Å². The highest BCUT2D eigenvalue weighted by atomic mass is 79.9. The third kappa shape index (κ3) is 4.69. The van der Waals surface area contributed by atoms with Crippen LogP contribution in [-0.2, 0) is 14.4 Å². The van der Waals surface area contributed by atoms with Crippen molar-refractivity contribution in [1.82, 2.24) is 0 Å². The minimum atomic E-state index is -0.470. The highest BCUT2D eigenvalue weighted by Crippen LogP contribution is 2.26. The molecule has 0 aliphatic carbocycles. The number of carbonyl (C=O) groups excluding carboxylic acids is 3. The summed E-state index contributed by atoms with van der Waals surface area (Å²) in [5.41, 5.74) is 7.66. The molecule has 1 aliphatic rings. The molecule has 3 rings (SSSR count). The normalized spacial score (nSPS) is 16.1. The number of nitrogens with one attached hydrogen (secondary N) is 1. The zero-order chi connectivity index (χ0) is 20.3. The van der Waals surface area contributed by atoms with Gasteiger partial charge >= 0.3 is 0 Å². The van der Waals surface area contributed by atoms with Crippen LogP contribution in [0, 0.1) is 12.8 Å². The van der Waals surface area contributed by atoms with Gasteiger partial charge < -0.3 is 20.7 Å². The van der Waals surface area contributed by atoms with Crippen molar-refractivity contribution >= 4 is 45.0 Å². The van der Waals surface area contributed by atoms with Crippen LogP contribution < -0.4 is 20.7 Å². The highest BCUT2D eigenvalue weighted by Gasteiger charge is 2.33. The second kappa shape index (κ2) is 8.43. The van der Waals surface area contributed by atoms with E-state index in [4.69, 9.17) is 10.5 Å². The van der Waals surface area contributed by atoms with Crippen molar-refractivity contribution in [1.29, 1.82) is 0 Å². The number of rotatable bonds is 6. The van der Waals surface area contributed by atoms with Crippen LogP contribution in [0.3, 0.4) is 0 Å². The molecule has 1 atom stereocenters. The van der Waals surface area contributed by atoms with E-state index in [0.29, 0.717) is 17.1 Å². The van der Waals surface area contributed by atoms with Crippen LogP contribution in [0.25, 0.3) is 0 Å². The summed E-state index contributed by atoms with van der Waals surface area (Å²) in [7, 11) is 0. The van der Waals surface area contributed by atoms with Crippen LogP contribution in [0.1, 0.15) is 12.0 Å². The lowest BCUT2D eigenvalue weighted by atomic mass is 10.1. The van der Waals surface area contributed by atoms with E-state index in [1.165, 1.54) is 4.90 Å². The minimum absolute atomic E-state index is 0.128. The molecular weight excluding hydrogens is 426 g/mol. The molecule has 8 heteroatoms. The summed E-state index contributed by atoms with van der Waals surface area (Å²) >= 11 is 3.42. The first kappa shape index (κ1) is 19.9. The monoisotopic (exact) mass is 445 g/mol. The molecule has 0 unspecified atom stereocenters. The standard InChI is InChI=1S/C20H20BrN3O4/c1-12-8-14(2-7-17(12)21)23-18(25)11-28-16-5-3-15(4-6-16)24-10-13(20(22)27)9-19(24)26/h2-8,13H,9-11H2,1H3,(H2,22,27)(H,23,25)/t13-/m0/s1. The number of benzene rings is 2. The highest BCUT2D eigenvalue weighted by molar-refractivity contribution is 9.10. The van der Waals surface area contributed by atoms with E-state index in [1.54, 1.807) is 30.3 Å². The molecule has 0 aromatic heterocycles. The average molecular weight is 446 g/mol. The van der Waals surface area contributed by atoms with Crippen LogP contribution in [0.4, 0.5) is 11.4 Å². The van der Waals surface area contributed by atoms with Crippen LogP contribution in [0.15, 0.2) is 46.9 Å². The third-order valence-corrected chi connectivity index (χ3v) is 5.38. The number of nitrogens with two attached hydrogens (primary N) is 1. The fraction of sp³-hybridized carbons (Fsp3) is 0.250. The number of aryl methyl sites for hydroxylation is 1. The van der Waals surface area contributed by atoms with E-state index in [9.17, 15) is 14.4 Å². The number of nitrogens with zero attached hydrogens (tertiary/aromatic N) is 1. The molecule has 1 saturated heterocycles. The molecule has 1 aliphatic heterocycles. The lowest BCUT2D eigenvalue weighted by molar-refractivity contribution is -0.123. The Morgan fingerprint density at radius 1 is 1.25 bits per heavy atom. The zero-order valence-electron chi connectivity index (χ0n) is 15.3. The first-order chi connectivity index (χ1) is 13.3. The molecule has 1 heterocycles. The van der Waals surface area contributed by atoms with Gasteiger partial charge in [-0.15, -0.1) is 0 Å². The molecule has 2 aromatic carbocycles. The van der Waals surface area contributed by atoms with Crippen molar-refractivity contribution in [3.05, 3.63) is 52.5 Å². The van der Waals surface area contributed by atoms with Crippen LogP contribution in [-0.4, -0.2) is 30.9 Å². The Labute approximate surface area is 171 Å². The van der Waals surface area contributed by atoms with E-state index >= 15 is 0 Å². The molecular formula is C20H20BrN3O4. The van der Waals surface area contributed by atoms with Gasteiger partial charge in [-0.05, 0) is 55.0 Å². The van der Waals surface area contributed by atoms with Gasteiger partial charge in [0.25, 0.3) is 5.91 Å². The van der Waals surface area contributed by atoms with Crippen molar-refractivity contribution in [3.63, 3.8) is 0 Å². The second-order valence-corrected chi connectivity index (χ2v) is 7.46. The lowest BCUT2D eigenvalue weighted by Crippen LogP contribution is -2.28. The second-order valence-electron chi connectivity index (χ2n) is 6.60. The summed E-state index contributed by atoms with van der Waals surface area (Å²) in [5.74, 6) is -0.840. The number of anilines is 2. The van der Waals surface area contributed by atoms with E-state index in [-0.39, 0.29) is 31.4 Å². The van der Waals surface area contributed by atoms with E-state index in [2.05, 4.69) is 21.2 Å². The van der Waals surface area contributed by atoms with Crippen molar-refractivity contribution in [3.8, 4) is 5.75 Å². The fourth-order valence-electron chi connectivity index (χ4n) is 2.94. The molecule has 0 saturated carbocycles. The quantitative estimate of drug-likeness (QED) is 0.712. The number of halogens is 1. The Morgan fingerprint density at radius 3 is 2.57 bits per heavy atom. The summed E-state index contributed by atoms with van der Waals surface area (Å²) in [6.45, 7) is 2.08. The summed E-state index contributed by atoms with van der Waals surface area (Å²) in [6, 6.07) is 12.3. The van der Waals surface area contributed by atoms with Crippen molar-refractivity contribution in [2.75, 3.05) is 23.4 Å². The topological polar surface area (TPSA) is 102 Å². The molecule has 28 heavy (non-hydrogen) atoms. The van der Waals surface area contributed by atoms with E-state index in [1.807, 2.05) is 19.1 Å². The molecule has 0 spiro atoms. The van der Waals surface area contributed by atoms with Gasteiger partial charge in [0.1, 0.15) is 5.75 Å². The first-order valence-corrected chi connectivity index (χ1v) is 9.51. The molecule has 3 amide bonds. The van der Waals surface area contributed by atoms with Crippen LogP contribution in [0.2, 0.25) is 0 Å². The van der Waals surface area contributed by atoms with Gasteiger partial charge in [0, 0.05) is 28.8 Å². The Morgan fingerprint density at radius 2 is 1.96 bits per heavy atom. The molecule has 7 nitrogen and oxygen atoms in total. The molecule has 1 fully saturated rings. The number of primary amides is 1. The van der Waals surface area contributed by atoms with Crippen LogP contribution >= 0.6 is 15.9 Å². The molecule has 146 valence electrons. The summed E-state index contributed by atoms with van der Waals surface area (Å²) in [5, 5.41) is 2.78. The fourth-order valence-corrected chi connectivity index (χ4v) is 3.19. The molecule has 0 bridgehead atoms. The summed E-state index contributed by atoms with van der Waals surface area (Å²) < 4.78 is 6.47. The molecule has 0 radical (unpaired) electrons. The first-order valence-electron chi connectivity index (χ1n) is 8.72. The maximum Gasteiger partial charge on any atom is 0.262 e. The third-order valence-electron chi connectivity index (χ3n) is 4.49. The average Bonchev–Trinajstić information content (AvgIpc) is 3.06. The van der Waals surface area contributed by atoms with Gasteiger partial charge in [0.15, 0.2) is 6.61 Å². The van der Waals surface area contributed by atoms with Crippen molar-refractivity contribution < 1.29 is 19.1 Å². The molecule has 3 N–H and O–H groups in total. The maximum atomic E-state index is 12.1. The van der Waals surface area contributed by atoms with E-state index < -0.39 is 11.8 Å². The Kier molecular flexibility index (Phi) is 5.99. The van der Waals surface area contributed by atoms with Gasteiger partial charge in [0.2, 0.25) is 11.8 Å². The van der Waals surface area contributed by atoms with Gasteiger partial charge in [-0.3, -0.25) is 14.4 Å². The lowest BCUT2D eigenvalue weighted by Gasteiger charge is -2.16. The SMILES string of the molecule is Cc1cc(NC(=O)COc2ccc(N3C[C@@H](C(N)=O)CC3=O)cc2)ccc1Br.